The topological polar surface area (TPSA) is 92.7 Å². The van der Waals surface area contributed by atoms with Gasteiger partial charge in [0.05, 0.1) is 22.4 Å². The van der Waals surface area contributed by atoms with Gasteiger partial charge in [-0.15, -0.1) is 11.3 Å². The summed E-state index contributed by atoms with van der Waals surface area (Å²) >= 11 is 1.47. The van der Waals surface area contributed by atoms with Crippen molar-refractivity contribution in [2.75, 3.05) is 35.7 Å². The average Bonchev–Trinajstić information content (AvgIpc) is 3.53. The van der Waals surface area contributed by atoms with Gasteiger partial charge in [-0.05, 0) is 89.9 Å². The Balaban J connectivity index is 1.28. The molecular formula is C38H38N4O4S. The number of hydrogen-bond acceptors (Lipinski definition) is 6. The van der Waals surface area contributed by atoms with Gasteiger partial charge in [0.25, 0.3) is 11.5 Å². The van der Waals surface area contributed by atoms with E-state index in [0.29, 0.717) is 28.2 Å². The van der Waals surface area contributed by atoms with Gasteiger partial charge < -0.3 is 24.8 Å². The molecule has 1 aliphatic heterocycles. The van der Waals surface area contributed by atoms with Crippen LogP contribution in [0.25, 0.3) is 21.2 Å². The quantitative estimate of drug-likeness (QED) is 0.166. The Morgan fingerprint density at radius 3 is 2.53 bits per heavy atom. The minimum atomic E-state index is -0.289. The fraction of sp³-hybridized carbons (Fsp3) is 0.237. The lowest BCUT2D eigenvalue weighted by Gasteiger charge is -2.34. The average molecular weight is 647 g/mol. The molecule has 3 heterocycles. The SMILES string of the molecule is C=CC(=O)Nc1cc(Cc2cc(-c3cccc(NC(=O)c4cc5ccccc5s4)c3C)cn(C)c2=O)ccc1N1CCC(OC)CC1. The maximum absolute atomic E-state index is 13.4. The Morgan fingerprint density at radius 2 is 1.79 bits per heavy atom. The first-order valence-electron chi connectivity index (χ1n) is 15.7. The van der Waals surface area contributed by atoms with Gasteiger partial charge in [-0.25, -0.2) is 0 Å². The number of rotatable bonds is 9. The first-order chi connectivity index (χ1) is 22.7. The first kappa shape index (κ1) is 32.0. The van der Waals surface area contributed by atoms with E-state index in [0.717, 1.165) is 64.0 Å². The highest BCUT2D eigenvalue weighted by Gasteiger charge is 2.22. The minimum Gasteiger partial charge on any atom is -0.381 e. The van der Waals surface area contributed by atoms with Crippen LogP contribution in [-0.4, -0.2) is 42.7 Å². The zero-order valence-corrected chi connectivity index (χ0v) is 27.7. The molecule has 9 heteroatoms. The van der Waals surface area contributed by atoms with Gasteiger partial charge >= 0.3 is 0 Å². The predicted octanol–water partition coefficient (Wildman–Crippen LogP) is 7.16. The molecule has 3 aromatic carbocycles. The van der Waals surface area contributed by atoms with Gasteiger partial charge in [0.2, 0.25) is 5.91 Å². The summed E-state index contributed by atoms with van der Waals surface area (Å²) < 4.78 is 8.20. The summed E-state index contributed by atoms with van der Waals surface area (Å²) in [7, 11) is 3.49. The Kier molecular flexibility index (Phi) is 9.38. The largest absolute Gasteiger partial charge is 0.381 e. The number of benzene rings is 3. The number of amides is 2. The van der Waals surface area contributed by atoms with E-state index in [9.17, 15) is 14.4 Å². The zero-order chi connectivity index (χ0) is 33.1. The van der Waals surface area contributed by atoms with Gasteiger partial charge in [-0.1, -0.05) is 43.0 Å². The van der Waals surface area contributed by atoms with E-state index < -0.39 is 0 Å². The molecule has 1 aliphatic rings. The summed E-state index contributed by atoms with van der Waals surface area (Å²) in [5.74, 6) is -0.443. The summed E-state index contributed by atoms with van der Waals surface area (Å²) in [5.41, 5.74) is 6.47. The molecule has 8 nitrogen and oxygen atoms in total. The number of pyridine rings is 1. The Morgan fingerprint density at radius 1 is 1.00 bits per heavy atom. The summed E-state index contributed by atoms with van der Waals surface area (Å²) in [6, 6.07) is 23.6. The molecule has 1 saturated heterocycles. The highest BCUT2D eigenvalue weighted by molar-refractivity contribution is 7.20. The van der Waals surface area contributed by atoms with Crippen LogP contribution >= 0.6 is 11.3 Å². The number of nitrogens with one attached hydrogen (secondary N) is 2. The van der Waals surface area contributed by atoms with Crippen LogP contribution in [0.1, 0.15) is 39.2 Å². The summed E-state index contributed by atoms with van der Waals surface area (Å²) in [6.45, 7) is 7.23. The number of hydrogen-bond donors (Lipinski definition) is 2. The maximum Gasteiger partial charge on any atom is 0.265 e. The number of aromatic nitrogens is 1. The Labute approximate surface area is 278 Å². The number of thiophene rings is 1. The van der Waals surface area contributed by atoms with Crippen molar-refractivity contribution in [2.45, 2.75) is 32.3 Å². The summed E-state index contributed by atoms with van der Waals surface area (Å²) in [5, 5.41) is 7.11. The van der Waals surface area contributed by atoms with Gasteiger partial charge in [0.1, 0.15) is 0 Å². The molecule has 0 aliphatic carbocycles. The molecule has 0 atom stereocenters. The third-order valence-electron chi connectivity index (χ3n) is 8.81. The number of carbonyl (C=O) groups is 2. The number of nitrogens with zero attached hydrogens (tertiary/aromatic N) is 2. The lowest BCUT2D eigenvalue weighted by molar-refractivity contribution is -0.111. The smallest absolute Gasteiger partial charge is 0.265 e. The predicted molar refractivity (Wildman–Crippen MR) is 192 cm³/mol. The third kappa shape index (κ3) is 6.91. The second-order valence-electron chi connectivity index (χ2n) is 11.9. The molecule has 2 aromatic heterocycles. The molecule has 0 radical (unpaired) electrons. The van der Waals surface area contributed by atoms with Crippen molar-refractivity contribution >= 4 is 50.3 Å². The second kappa shape index (κ2) is 13.8. The van der Waals surface area contributed by atoms with Crippen molar-refractivity contribution < 1.29 is 14.3 Å². The Hall–Kier alpha value is -4.99. The number of piperidine rings is 1. The lowest BCUT2D eigenvalue weighted by atomic mass is 9.97. The Bertz CT molecular complexity index is 2000. The number of ether oxygens (including phenoxy) is 1. The fourth-order valence-electron chi connectivity index (χ4n) is 6.22. The van der Waals surface area contributed by atoms with Crippen molar-refractivity contribution in [3.05, 3.63) is 124 Å². The van der Waals surface area contributed by atoms with E-state index in [1.807, 2.05) is 85.9 Å². The van der Waals surface area contributed by atoms with E-state index in [1.165, 1.54) is 17.4 Å². The second-order valence-corrected chi connectivity index (χ2v) is 13.0. The highest BCUT2D eigenvalue weighted by Crippen LogP contribution is 2.33. The van der Waals surface area contributed by atoms with E-state index in [-0.39, 0.29) is 23.5 Å². The van der Waals surface area contributed by atoms with Crippen LogP contribution in [0.15, 0.2) is 96.4 Å². The van der Waals surface area contributed by atoms with E-state index >= 15 is 0 Å². The van der Waals surface area contributed by atoms with Crippen LogP contribution in [0, 0.1) is 6.92 Å². The normalized spacial score (nSPS) is 13.5. The summed E-state index contributed by atoms with van der Waals surface area (Å²) in [6.07, 6.45) is 5.52. The molecule has 0 bridgehead atoms. The van der Waals surface area contributed by atoms with Gasteiger partial charge in [0.15, 0.2) is 0 Å². The van der Waals surface area contributed by atoms with Crippen LogP contribution < -0.4 is 21.1 Å². The lowest BCUT2D eigenvalue weighted by Crippen LogP contribution is -2.37. The van der Waals surface area contributed by atoms with Crippen LogP contribution in [0.3, 0.4) is 0 Å². The minimum absolute atomic E-state index is 0.0944. The zero-order valence-electron chi connectivity index (χ0n) is 26.8. The van der Waals surface area contributed by atoms with Crippen molar-refractivity contribution in [1.29, 1.82) is 0 Å². The number of fused-ring (bicyclic) bond motifs is 1. The molecule has 1 fully saturated rings. The van der Waals surface area contributed by atoms with E-state index in [1.54, 1.807) is 18.7 Å². The maximum atomic E-state index is 13.4. The molecule has 2 N–H and O–H groups in total. The molecule has 5 aromatic rings. The van der Waals surface area contributed by atoms with Crippen LogP contribution in [0.5, 0.6) is 0 Å². The number of carbonyl (C=O) groups excluding carboxylic acids is 2. The van der Waals surface area contributed by atoms with Crippen LogP contribution in [-0.2, 0) is 23.0 Å². The molecule has 240 valence electrons. The molecular weight excluding hydrogens is 609 g/mol. The van der Waals surface area contributed by atoms with E-state index in [4.69, 9.17) is 4.74 Å². The van der Waals surface area contributed by atoms with Gasteiger partial charge in [0, 0.05) is 55.8 Å². The number of aryl methyl sites for hydroxylation is 1. The molecule has 0 unspecified atom stereocenters. The van der Waals surface area contributed by atoms with Gasteiger partial charge in [-0.2, -0.15) is 0 Å². The van der Waals surface area contributed by atoms with Crippen molar-refractivity contribution in [2.24, 2.45) is 7.05 Å². The van der Waals surface area contributed by atoms with Crippen LogP contribution in [0.4, 0.5) is 17.1 Å². The highest BCUT2D eigenvalue weighted by atomic mass is 32.1. The van der Waals surface area contributed by atoms with Gasteiger partial charge in [-0.3, -0.25) is 14.4 Å². The van der Waals surface area contributed by atoms with Crippen molar-refractivity contribution in [3.8, 4) is 11.1 Å². The fourth-order valence-corrected chi connectivity index (χ4v) is 7.18. The van der Waals surface area contributed by atoms with Crippen molar-refractivity contribution in [3.63, 3.8) is 0 Å². The molecule has 0 spiro atoms. The third-order valence-corrected chi connectivity index (χ3v) is 9.93. The molecule has 6 rings (SSSR count). The molecule has 0 saturated carbocycles. The first-order valence-corrected chi connectivity index (χ1v) is 16.5. The number of methoxy groups -OCH3 is 1. The standard InChI is InChI=1S/C38H38N4O4S/c1-5-36(43)39-32-20-25(13-14-33(32)42-17-15-29(46-4)16-18-42)19-27-21-28(23-41(3)38(27)45)30-10-8-11-31(24(30)2)40-37(44)35-22-26-9-6-7-12-34(26)47-35/h5-14,20-23,29H,1,15-19H2,2-4H3,(H,39,43)(H,40,44). The van der Waals surface area contributed by atoms with E-state index in [2.05, 4.69) is 22.1 Å². The molecule has 47 heavy (non-hydrogen) atoms. The van der Waals surface area contributed by atoms with Crippen LogP contribution in [0.2, 0.25) is 0 Å². The monoisotopic (exact) mass is 646 g/mol. The summed E-state index contributed by atoms with van der Waals surface area (Å²) in [4.78, 5) is 41.9. The molecule has 2 amide bonds. The van der Waals surface area contributed by atoms with Crippen molar-refractivity contribution in [1.82, 2.24) is 4.57 Å². The number of anilines is 3.